The summed E-state index contributed by atoms with van der Waals surface area (Å²) < 4.78 is 16.1. The minimum absolute atomic E-state index is 0.132. The number of carbonyl (C=O) groups excluding carboxylic acids is 1. The summed E-state index contributed by atoms with van der Waals surface area (Å²) in [5.74, 6) is -0.181. The Hall–Kier alpha value is -0.180. The molecule has 0 bridgehead atoms. The zero-order valence-electron chi connectivity index (χ0n) is 10.1. The lowest BCUT2D eigenvalue weighted by molar-refractivity contribution is -0.145. The first-order chi connectivity index (χ1) is 7.76. The van der Waals surface area contributed by atoms with Gasteiger partial charge >= 0.3 is 5.97 Å². The second kappa shape index (κ2) is 7.99. The fourth-order valence-electron chi connectivity index (χ4n) is 1.75. The molecule has 1 saturated carbocycles. The van der Waals surface area contributed by atoms with Gasteiger partial charge in [0.05, 0.1) is 13.2 Å². The van der Waals surface area contributed by atoms with E-state index in [2.05, 4.69) is 0 Å². The van der Waals surface area contributed by atoms with E-state index >= 15 is 0 Å². The molecule has 0 amide bonds. The standard InChI is InChI=1S/C11H21O4P/c1-3-13-16(14-4-2)9-11(12)15-10-7-5-6-8-10/h10H,3-9H2,1-2H3. The number of hydrogen-bond acceptors (Lipinski definition) is 4. The normalized spacial score (nSPS) is 16.9. The number of esters is 1. The molecule has 0 aromatic heterocycles. The summed E-state index contributed by atoms with van der Waals surface area (Å²) in [6, 6.07) is 0. The molecule has 0 aromatic rings. The number of rotatable bonds is 7. The highest BCUT2D eigenvalue weighted by Gasteiger charge is 2.22. The largest absolute Gasteiger partial charge is 0.462 e. The molecule has 4 nitrogen and oxygen atoms in total. The first-order valence-corrected chi connectivity index (χ1v) is 7.35. The first kappa shape index (κ1) is 13.9. The average Bonchev–Trinajstić information content (AvgIpc) is 2.71. The Balaban J connectivity index is 2.23. The summed E-state index contributed by atoms with van der Waals surface area (Å²) in [4.78, 5) is 11.6. The lowest BCUT2D eigenvalue weighted by Gasteiger charge is -2.16. The van der Waals surface area contributed by atoms with Crippen molar-refractivity contribution in [3.63, 3.8) is 0 Å². The van der Waals surface area contributed by atoms with Crippen LogP contribution in [0.25, 0.3) is 0 Å². The van der Waals surface area contributed by atoms with E-state index < -0.39 is 8.38 Å². The number of hydrogen-bond donors (Lipinski definition) is 0. The first-order valence-electron chi connectivity index (χ1n) is 5.99. The average molecular weight is 248 g/mol. The van der Waals surface area contributed by atoms with Crippen LogP contribution in [0.15, 0.2) is 0 Å². The molecular weight excluding hydrogens is 227 g/mol. The molecule has 0 atom stereocenters. The fourth-order valence-corrected chi connectivity index (χ4v) is 2.87. The van der Waals surface area contributed by atoms with Crippen LogP contribution < -0.4 is 0 Å². The van der Waals surface area contributed by atoms with Gasteiger partial charge in [0.25, 0.3) is 0 Å². The summed E-state index contributed by atoms with van der Waals surface area (Å²) >= 11 is 0. The quantitative estimate of drug-likeness (QED) is 0.513. The van der Waals surface area contributed by atoms with E-state index in [0.717, 1.165) is 12.8 Å². The summed E-state index contributed by atoms with van der Waals surface area (Å²) in [5.41, 5.74) is 0. The molecule has 16 heavy (non-hydrogen) atoms. The SMILES string of the molecule is CCOP(CC(=O)OC1CCCC1)OCC. The topological polar surface area (TPSA) is 44.8 Å². The van der Waals surface area contributed by atoms with Crippen molar-refractivity contribution in [2.75, 3.05) is 19.4 Å². The van der Waals surface area contributed by atoms with Crippen LogP contribution in [0.1, 0.15) is 39.5 Å². The van der Waals surface area contributed by atoms with Crippen molar-refractivity contribution in [2.24, 2.45) is 0 Å². The molecule has 0 aliphatic heterocycles. The molecule has 0 heterocycles. The second-order valence-electron chi connectivity index (χ2n) is 3.72. The summed E-state index contributed by atoms with van der Waals surface area (Å²) in [5, 5.41) is 0. The predicted molar refractivity (Wildman–Crippen MR) is 63.4 cm³/mol. The Morgan fingerprint density at radius 2 is 1.75 bits per heavy atom. The molecule has 0 radical (unpaired) electrons. The van der Waals surface area contributed by atoms with Gasteiger partial charge in [-0.3, -0.25) is 4.79 Å². The summed E-state index contributed by atoms with van der Waals surface area (Å²) in [7, 11) is -1.10. The van der Waals surface area contributed by atoms with Crippen molar-refractivity contribution >= 4 is 14.3 Å². The zero-order valence-corrected chi connectivity index (χ0v) is 11.0. The van der Waals surface area contributed by atoms with E-state index in [1.54, 1.807) is 0 Å². The third kappa shape index (κ3) is 5.24. The molecule has 5 heteroatoms. The zero-order chi connectivity index (χ0) is 11.8. The van der Waals surface area contributed by atoms with Gasteiger partial charge in [0.15, 0.2) is 8.38 Å². The van der Waals surface area contributed by atoms with Gasteiger partial charge in [-0.05, 0) is 39.5 Å². The molecule has 1 aliphatic rings. The predicted octanol–water partition coefficient (Wildman–Crippen LogP) is 2.86. The van der Waals surface area contributed by atoms with Crippen LogP contribution in [0, 0.1) is 0 Å². The third-order valence-corrected chi connectivity index (χ3v) is 4.01. The second-order valence-corrected chi connectivity index (χ2v) is 5.22. The van der Waals surface area contributed by atoms with Gasteiger partial charge in [0.2, 0.25) is 0 Å². The Morgan fingerprint density at radius 1 is 1.19 bits per heavy atom. The summed E-state index contributed by atoms with van der Waals surface area (Å²) in [6.45, 7) is 4.94. The molecule has 0 unspecified atom stereocenters. The lowest BCUT2D eigenvalue weighted by Crippen LogP contribution is -2.17. The van der Waals surface area contributed by atoms with Gasteiger partial charge in [-0.1, -0.05) is 0 Å². The highest BCUT2D eigenvalue weighted by molar-refractivity contribution is 7.48. The molecule has 1 aliphatic carbocycles. The van der Waals surface area contributed by atoms with Crippen LogP contribution in [-0.4, -0.2) is 31.4 Å². The van der Waals surface area contributed by atoms with Crippen molar-refractivity contribution in [3.8, 4) is 0 Å². The molecule has 1 rings (SSSR count). The van der Waals surface area contributed by atoms with Crippen LogP contribution >= 0.6 is 8.38 Å². The fraction of sp³-hybridized carbons (Fsp3) is 0.909. The minimum atomic E-state index is -1.10. The maximum Gasteiger partial charge on any atom is 0.315 e. The van der Waals surface area contributed by atoms with E-state index in [0.29, 0.717) is 13.2 Å². The number of carbonyl (C=O) groups is 1. The molecular formula is C11H21O4P. The molecule has 0 spiro atoms. The van der Waals surface area contributed by atoms with Crippen molar-refractivity contribution in [3.05, 3.63) is 0 Å². The van der Waals surface area contributed by atoms with Gasteiger partial charge in [-0.15, -0.1) is 0 Å². The van der Waals surface area contributed by atoms with Crippen LogP contribution in [0.3, 0.4) is 0 Å². The maximum atomic E-state index is 11.6. The van der Waals surface area contributed by atoms with Gasteiger partial charge in [-0.2, -0.15) is 0 Å². The van der Waals surface area contributed by atoms with Crippen LogP contribution in [0.4, 0.5) is 0 Å². The van der Waals surface area contributed by atoms with Crippen LogP contribution in [0.2, 0.25) is 0 Å². The molecule has 0 saturated heterocycles. The van der Waals surface area contributed by atoms with Gasteiger partial charge < -0.3 is 13.8 Å². The van der Waals surface area contributed by atoms with Gasteiger partial charge in [0.1, 0.15) is 12.3 Å². The highest BCUT2D eigenvalue weighted by atomic mass is 31.2. The van der Waals surface area contributed by atoms with Crippen molar-refractivity contribution in [2.45, 2.75) is 45.6 Å². The molecule has 94 valence electrons. The maximum absolute atomic E-state index is 11.6. The Morgan fingerprint density at radius 3 is 2.25 bits per heavy atom. The van der Waals surface area contributed by atoms with E-state index in [4.69, 9.17) is 13.8 Å². The van der Waals surface area contributed by atoms with E-state index in [9.17, 15) is 4.79 Å². The Bertz CT molecular complexity index is 198. The van der Waals surface area contributed by atoms with Crippen molar-refractivity contribution in [1.29, 1.82) is 0 Å². The van der Waals surface area contributed by atoms with Gasteiger partial charge in [0, 0.05) is 0 Å². The lowest BCUT2D eigenvalue weighted by atomic mass is 10.3. The van der Waals surface area contributed by atoms with Crippen LogP contribution in [-0.2, 0) is 18.6 Å². The van der Waals surface area contributed by atoms with E-state index in [1.807, 2.05) is 13.8 Å². The monoisotopic (exact) mass is 248 g/mol. The van der Waals surface area contributed by atoms with Crippen molar-refractivity contribution < 1.29 is 18.6 Å². The Kier molecular flexibility index (Phi) is 6.93. The molecule has 0 aromatic carbocycles. The Labute approximate surface area is 98.6 Å². The molecule has 0 N–H and O–H groups in total. The third-order valence-electron chi connectivity index (χ3n) is 2.40. The number of ether oxygens (including phenoxy) is 1. The van der Waals surface area contributed by atoms with Gasteiger partial charge in [-0.25, -0.2) is 0 Å². The van der Waals surface area contributed by atoms with Crippen molar-refractivity contribution in [1.82, 2.24) is 0 Å². The van der Waals surface area contributed by atoms with Crippen LogP contribution in [0.5, 0.6) is 0 Å². The van der Waals surface area contributed by atoms with E-state index in [1.165, 1.54) is 12.8 Å². The minimum Gasteiger partial charge on any atom is -0.462 e. The highest BCUT2D eigenvalue weighted by Crippen LogP contribution is 2.38. The molecule has 1 fully saturated rings. The summed E-state index contributed by atoms with van der Waals surface area (Å²) in [6.07, 6.45) is 4.74. The van der Waals surface area contributed by atoms with E-state index in [-0.39, 0.29) is 18.2 Å². The smallest absolute Gasteiger partial charge is 0.315 e.